The van der Waals surface area contributed by atoms with Gasteiger partial charge in [-0.1, -0.05) is 6.92 Å². The molecule has 3 atom stereocenters. The number of hydrogen-bond acceptors (Lipinski definition) is 4. The molecule has 1 rings (SSSR count). The third kappa shape index (κ3) is 1.61. The van der Waals surface area contributed by atoms with E-state index in [1.807, 2.05) is 6.92 Å². The Morgan fingerprint density at radius 2 is 2.00 bits per heavy atom. The van der Waals surface area contributed by atoms with E-state index in [1.165, 1.54) is 7.11 Å². The molecule has 0 aliphatic carbocycles. The fourth-order valence-electron chi connectivity index (χ4n) is 1.78. The predicted octanol–water partition coefficient (Wildman–Crippen LogP) is -1.11. The molecule has 5 heteroatoms. The van der Waals surface area contributed by atoms with Crippen LogP contribution in [0.25, 0.3) is 0 Å². The van der Waals surface area contributed by atoms with Gasteiger partial charge in [0.2, 0.25) is 0 Å². The molecule has 1 saturated heterocycles. The Hall–Kier alpha value is -0.0951. The Balaban J connectivity index is 2.80. The van der Waals surface area contributed by atoms with Gasteiger partial charge in [-0.05, 0) is 0 Å². The first-order valence-corrected chi connectivity index (χ1v) is 4.29. The summed E-state index contributed by atoms with van der Waals surface area (Å²) in [5.74, 6) is -0.123. The molecule has 0 bridgehead atoms. The van der Waals surface area contributed by atoms with Crippen LogP contribution >= 0.6 is 0 Å². The largest absolute Gasteiger partial charge is 0.393 e. The maximum atomic E-state index is 9.12. The highest BCUT2D eigenvalue weighted by atomic mass is 16.6. The van der Waals surface area contributed by atoms with Crippen molar-refractivity contribution >= 4 is 7.85 Å². The van der Waals surface area contributed by atoms with E-state index >= 15 is 0 Å². The van der Waals surface area contributed by atoms with Gasteiger partial charge in [0.25, 0.3) is 0 Å². The van der Waals surface area contributed by atoms with Crippen LogP contribution in [-0.2, 0) is 9.47 Å². The van der Waals surface area contributed by atoms with Crippen molar-refractivity contribution < 1.29 is 19.7 Å². The lowest BCUT2D eigenvalue weighted by Gasteiger charge is -2.29. The second-order valence-corrected chi connectivity index (χ2v) is 3.45. The van der Waals surface area contributed by atoms with Crippen LogP contribution in [-0.4, -0.2) is 56.1 Å². The second kappa shape index (κ2) is 3.96. The van der Waals surface area contributed by atoms with Gasteiger partial charge in [0.15, 0.2) is 0 Å². The zero-order chi connectivity index (χ0) is 10.1. The number of aliphatic hydroxyl groups excluding tert-OH is 2. The highest BCUT2D eigenvalue weighted by molar-refractivity contribution is 6.11. The van der Waals surface area contributed by atoms with Crippen molar-refractivity contribution in [3.05, 3.63) is 0 Å². The quantitative estimate of drug-likeness (QED) is 0.548. The van der Waals surface area contributed by atoms with Gasteiger partial charge in [-0.2, -0.15) is 0 Å². The second-order valence-electron chi connectivity index (χ2n) is 3.45. The summed E-state index contributed by atoms with van der Waals surface area (Å²) in [5, 5.41) is 18.2. The zero-order valence-electron chi connectivity index (χ0n) is 7.93. The van der Waals surface area contributed by atoms with Crippen LogP contribution in [0.15, 0.2) is 0 Å². The van der Waals surface area contributed by atoms with Crippen molar-refractivity contribution in [2.24, 2.45) is 5.92 Å². The maximum absolute atomic E-state index is 9.12. The molecule has 0 aromatic carbocycles. The Kier molecular flexibility index (Phi) is 3.35. The molecule has 0 aromatic rings. The molecular weight excluding hydrogens is 171 g/mol. The molecule has 1 aliphatic rings. The van der Waals surface area contributed by atoms with Crippen LogP contribution < -0.4 is 0 Å². The molecule has 4 nitrogen and oxygen atoms in total. The minimum Gasteiger partial charge on any atom is -0.393 e. The fourth-order valence-corrected chi connectivity index (χ4v) is 1.78. The van der Waals surface area contributed by atoms with E-state index in [1.54, 1.807) is 0 Å². The van der Waals surface area contributed by atoms with Crippen molar-refractivity contribution in [1.29, 1.82) is 0 Å². The van der Waals surface area contributed by atoms with Crippen LogP contribution in [0.4, 0.5) is 0 Å². The summed E-state index contributed by atoms with van der Waals surface area (Å²) in [5.41, 5.74) is -0.958. The minimum absolute atomic E-state index is 0.123. The molecule has 74 valence electrons. The monoisotopic (exact) mass is 186 g/mol. The van der Waals surface area contributed by atoms with Gasteiger partial charge in [-0.25, -0.2) is 0 Å². The molecular formula is C8H15BO4. The van der Waals surface area contributed by atoms with Gasteiger partial charge < -0.3 is 19.7 Å². The molecule has 1 unspecified atom stereocenters. The molecule has 2 N–H and O–H groups in total. The molecule has 0 spiro atoms. The summed E-state index contributed by atoms with van der Waals surface area (Å²) in [4.78, 5) is 0. The van der Waals surface area contributed by atoms with Gasteiger partial charge in [-0.15, -0.1) is 0 Å². The Morgan fingerprint density at radius 3 is 2.23 bits per heavy atom. The summed E-state index contributed by atoms with van der Waals surface area (Å²) in [6.07, 6.45) is -0.278. The number of aliphatic hydroxyl groups is 2. The Bertz CT molecular complexity index is 172. The lowest BCUT2D eigenvalue weighted by molar-refractivity contribution is -0.0991. The van der Waals surface area contributed by atoms with Crippen molar-refractivity contribution in [3.63, 3.8) is 0 Å². The molecule has 1 aliphatic heterocycles. The predicted molar refractivity (Wildman–Crippen MR) is 47.5 cm³/mol. The molecule has 2 radical (unpaired) electrons. The summed E-state index contributed by atoms with van der Waals surface area (Å²) in [6, 6.07) is -0.584. The molecule has 0 amide bonds. The summed E-state index contributed by atoms with van der Waals surface area (Å²) in [6.45, 7) is 1.34. The first kappa shape index (κ1) is 11.0. The lowest BCUT2D eigenvalue weighted by Crippen LogP contribution is -2.44. The average molecular weight is 186 g/mol. The van der Waals surface area contributed by atoms with Crippen molar-refractivity contribution in [2.45, 2.75) is 24.6 Å². The van der Waals surface area contributed by atoms with E-state index in [4.69, 9.17) is 27.5 Å². The maximum Gasteiger partial charge on any atom is 0.119 e. The SMILES string of the molecule is [B][C@@H]1OC(CO)(CO)C(C)[C@@H]1OC. The Morgan fingerprint density at radius 1 is 1.46 bits per heavy atom. The molecule has 1 fully saturated rings. The van der Waals surface area contributed by atoms with Crippen molar-refractivity contribution in [2.75, 3.05) is 20.3 Å². The van der Waals surface area contributed by atoms with Crippen LogP contribution in [0.2, 0.25) is 0 Å². The van der Waals surface area contributed by atoms with E-state index in [0.717, 1.165) is 0 Å². The standard InChI is InChI=1S/C8H15BO4/c1-5-6(12-2)7(9)13-8(5,3-10)4-11/h5-7,10-11H,3-4H2,1-2H3/t5?,6-,7+/m0/s1. The van der Waals surface area contributed by atoms with Gasteiger partial charge in [0.1, 0.15) is 13.4 Å². The first-order chi connectivity index (χ1) is 6.11. The number of rotatable bonds is 3. The van der Waals surface area contributed by atoms with Crippen molar-refractivity contribution in [3.8, 4) is 0 Å². The van der Waals surface area contributed by atoms with Gasteiger partial charge in [0.05, 0.1) is 19.3 Å². The molecule has 0 saturated carbocycles. The average Bonchev–Trinajstić information content (AvgIpc) is 2.38. The normalized spacial score (nSPS) is 38.0. The van der Waals surface area contributed by atoms with Gasteiger partial charge in [-0.3, -0.25) is 0 Å². The summed E-state index contributed by atoms with van der Waals surface area (Å²) < 4.78 is 10.4. The zero-order valence-corrected chi connectivity index (χ0v) is 7.93. The van der Waals surface area contributed by atoms with Crippen molar-refractivity contribution in [1.82, 2.24) is 0 Å². The topological polar surface area (TPSA) is 58.9 Å². The van der Waals surface area contributed by atoms with Gasteiger partial charge >= 0.3 is 0 Å². The Labute approximate surface area is 79.3 Å². The highest BCUT2D eigenvalue weighted by Gasteiger charge is 2.50. The first-order valence-electron chi connectivity index (χ1n) is 4.29. The van der Waals surface area contributed by atoms with Crippen LogP contribution in [0.1, 0.15) is 6.92 Å². The molecule has 1 heterocycles. The fraction of sp³-hybridized carbons (Fsp3) is 1.00. The van der Waals surface area contributed by atoms with Crippen LogP contribution in [0.5, 0.6) is 0 Å². The number of ether oxygens (including phenoxy) is 2. The van der Waals surface area contributed by atoms with E-state index in [2.05, 4.69) is 0 Å². The summed E-state index contributed by atoms with van der Waals surface area (Å²) in [7, 11) is 7.17. The van der Waals surface area contributed by atoms with E-state index in [-0.39, 0.29) is 25.2 Å². The minimum atomic E-state index is -0.958. The van der Waals surface area contributed by atoms with E-state index < -0.39 is 11.6 Å². The van der Waals surface area contributed by atoms with Crippen LogP contribution in [0.3, 0.4) is 0 Å². The smallest absolute Gasteiger partial charge is 0.119 e. The third-order valence-corrected chi connectivity index (χ3v) is 2.82. The summed E-state index contributed by atoms with van der Waals surface area (Å²) >= 11 is 0. The molecule has 0 aromatic heterocycles. The number of hydrogen-bond donors (Lipinski definition) is 2. The molecule has 13 heavy (non-hydrogen) atoms. The van der Waals surface area contributed by atoms with E-state index in [9.17, 15) is 0 Å². The highest BCUT2D eigenvalue weighted by Crippen LogP contribution is 2.36. The lowest BCUT2D eigenvalue weighted by atomic mass is 9.83. The number of methoxy groups -OCH3 is 1. The van der Waals surface area contributed by atoms with Crippen LogP contribution in [0, 0.1) is 5.92 Å². The third-order valence-electron chi connectivity index (χ3n) is 2.82. The van der Waals surface area contributed by atoms with E-state index in [0.29, 0.717) is 0 Å². The van der Waals surface area contributed by atoms with Gasteiger partial charge in [0, 0.05) is 19.0 Å².